The van der Waals surface area contributed by atoms with Gasteiger partial charge in [0.05, 0.1) is 24.5 Å². The van der Waals surface area contributed by atoms with Crippen LogP contribution in [0.5, 0.6) is 0 Å². The van der Waals surface area contributed by atoms with Gasteiger partial charge in [-0.3, -0.25) is 4.79 Å². The molecular formula is C22H24ClN3O3. The number of carbonyl (C=O) groups is 1. The van der Waals surface area contributed by atoms with Crippen molar-refractivity contribution in [1.29, 1.82) is 0 Å². The minimum atomic E-state index is -0.172. The molecule has 0 fully saturated rings. The molecule has 7 heteroatoms. The second kappa shape index (κ2) is 10.8. The van der Waals surface area contributed by atoms with E-state index in [1.165, 1.54) is 0 Å². The fraction of sp³-hybridized carbons (Fsp3) is 0.273. The van der Waals surface area contributed by atoms with Crippen LogP contribution in [-0.2, 0) is 9.47 Å². The number of carbonyl (C=O) groups excluding carboxylic acids is 1. The van der Waals surface area contributed by atoms with Gasteiger partial charge in [-0.05, 0) is 30.7 Å². The highest BCUT2D eigenvalue weighted by Gasteiger charge is 2.18. The Hall–Kier alpha value is -2.67. The molecule has 6 nitrogen and oxygen atoms in total. The molecule has 0 spiro atoms. The van der Waals surface area contributed by atoms with E-state index < -0.39 is 0 Å². The maximum Gasteiger partial charge on any atom is 0.255 e. The summed E-state index contributed by atoms with van der Waals surface area (Å²) in [4.78, 5) is 12.8. The highest BCUT2D eigenvalue weighted by molar-refractivity contribution is 6.30. The quantitative estimate of drug-likeness (QED) is 0.510. The molecule has 0 aliphatic carbocycles. The molecule has 29 heavy (non-hydrogen) atoms. The number of hydrogen-bond acceptors (Lipinski definition) is 4. The predicted octanol–water partition coefficient (Wildman–Crippen LogP) is 3.98. The van der Waals surface area contributed by atoms with Gasteiger partial charge in [0.25, 0.3) is 5.91 Å². The van der Waals surface area contributed by atoms with Crippen LogP contribution in [0.25, 0.3) is 16.9 Å². The molecule has 1 aromatic heterocycles. The molecule has 0 saturated carbocycles. The van der Waals surface area contributed by atoms with Crippen molar-refractivity contribution in [3.8, 4) is 16.9 Å². The van der Waals surface area contributed by atoms with E-state index in [2.05, 4.69) is 10.4 Å². The Morgan fingerprint density at radius 1 is 1.07 bits per heavy atom. The van der Waals surface area contributed by atoms with Gasteiger partial charge in [-0.1, -0.05) is 41.9 Å². The molecule has 0 radical (unpaired) electrons. The Balaban J connectivity index is 1.74. The Morgan fingerprint density at radius 2 is 1.83 bits per heavy atom. The van der Waals surface area contributed by atoms with Crippen molar-refractivity contribution >= 4 is 17.5 Å². The third kappa shape index (κ3) is 5.90. The fourth-order valence-corrected chi connectivity index (χ4v) is 2.92. The number of methoxy groups -OCH3 is 1. The number of para-hydroxylation sites is 1. The fourth-order valence-electron chi connectivity index (χ4n) is 2.79. The lowest BCUT2D eigenvalue weighted by molar-refractivity contribution is 0.0688. The van der Waals surface area contributed by atoms with Crippen molar-refractivity contribution < 1.29 is 14.3 Å². The first kappa shape index (κ1) is 21.0. The van der Waals surface area contributed by atoms with Gasteiger partial charge < -0.3 is 14.8 Å². The number of nitrogens with zero attached hydrogens (tertiary/aromatic N) is 2. The molecule has 3 aromatic rings. The van der Waals surface area contributed by atoms with Crippen LogP contribution in [0, 0.1) is 0 Å². The first-order valence-corrected chi connectivity index (χ1v) is 9.83. The second-order valence-corrected chi connectivity index (χ2v) is 6.83. The SMILES string of the molecule is COCCOCCCNC(=O)c1cn(-c2ccccc2)nc1-c1ccc(Cl)cc1. The summed E-state index contributed by atoms with van der Waals surface area (Å²) in [5.74, 6) is -0.172. The Bertz CT molecular complexity index is 911. The van der Waals surface area contributed by atoms with E-state index in [4.69, 9.17) is 21.1 Å². The lowest BCUT2D eigenvalue weighted by Crippen LogP contribution is -2.25. The number of ether oxygens (including phenoxy) is 2. The van der Waals surface area contributed by atoms with Crippen LogP contribution in [0.1, 0.15) is 16.8 Å². The minimum absolute atomic E-state index is 0.172. The molecule has 152 valence electrons. The maximum absolute atomic E-state index is 12.8. The molecule has 0 saturated heterocycles. The van der Waals surface area contributed by atoms with Crippen LogP contribution in [-0.4, -0.2) is 49.2 Å². The number of benzene rings is 2. The summed E-state index contributed by atoms with van der Waals surface area (Å²) >= 11 is 6.01. The lowest BCUT2D eigenvalue weighted by Gasteiger charge is -2.06. The average molecular weight is 414 g/mol. The third-order valence-corrected chi connectivity index (χ3v) is 4.53. The standard InChI is InChI=1S/C22H24ClN3O3/c1-28-14-15-29-13-5-12-24-22(27)20-16-26(19-6-3-2-4-7-19)25-21(20)17-8-10-18(23)11-9-17/h2-4,6-11,16H,5,12-15H2,1H3,(H,24,27). The number of rotatable bonds is 10. The topological polar surface area (TPSA) is 65.4 Å². The monoisotopic (exact) mass is 413 g/mol. The molecule has 1 amide bonds. The molecular weight excluding hydrogens is 390 g/mol. The zero-order valence-corrected chi connectivity index (χ0v) is 17.1. The number of aromatic nitrogens is 2. The van der Waals surface area contributed by atoms with Crippen LogP contribution >= 0.6 is 11.6 Å². The van der Waals surface area contributed by atoms with Gasteiger partial charge in [0.2, 0.25) is 0 Å². The zero-order valence-electron chi connectivity index (χ0n) is 16.3. The average Bonchev–Trinajstić information content (AvgIpc) is 3.20. The summed E-state index contributed by atoms with van der Waals surface area (Å²) < 4.78 is 12.1. The van der Waals surface area contributed by atoms with Crippen LogP contribution in [0.3, 0.4) is 0 Å². The van der Waals surface area contributed by atoms with Gasteiger partial charge in [-0.25, -0.2) is 4.68 Å². The molecule has 0 unspecified atom stereocenters. The van der Waals surface area contributed by atoms with E-state index >= 15 is 0 Å². The van der Waals surface area contributed by atoms with Crippen molar-refractivity contribution in [2.75, 3.05) is 33.5 Å². The third-order valence-electron chi connectivity index (χ3n) is 4.28. The molecule has 3 rings (SSSR count). The Kier molecular flexibility index (Phi) is 7.81. The summed E-state index contributed by atoms with van der Waals surface area (Å²) in [6, 6.07) is 17.0. The van der Waals surface area contributed by atoms with Crippen molar-refractivity contribution in [1.82, 2.24) is 15.1 Å². The summed E-state index contributed by atoms with van der Waals surface area (Å²) in [6.45, 7) is 2.20. The van der Waals surface area contributed by atoms with E-state index in [0.717, 1.165) is 17.7 Å². The van der Waals surface area contributed by atoms with E-state index in [1.807, 2.05) is 42.5 Å². The second-order valence-electron chi connectivity index (χ2n) is 6.39. The van der Waals surface area contributed by atoms with E-state index in [0.29, 0.717) is 42.6 Å². The molecule has 2 aromatic carbocycles. The zero-order chi connectivity index (χ0) is 20.5. The summed E-state index contributed by atoms with van der Waals surface area (Å²) in [7, 11) is 1.64. The Morgan fingerprint density at radius 3 is 2.55 bits per heavy atom. The lowest BCUT2D eigenvalue weighted by atomic mass is 10.1. The predicted molar refractivity (Wildman–Crippen MR) is 114 cm³/mol. The highest BCUT2D eigenvalue weighted by Crippen LogP contribution is 2.25. The van der Waals surface area contributed by atoms with Crippen molar-refractivity contribution in [3.63, 3.8) is 0 Å². The van der Waals surface area contributed by atoms with Gasteiger partial charge in [-0.2, -0.15) is 5.10 Å². The van der Waals surface area contributed by atoms with Gasteiger partial charge in [0.15, 0.2) is 0 Å². The molecule has 1 N–H and O–H groups in total. The maximum atomic E-state index is 12.8. The number of amides is 1. The van der Waals surface area contributed by atoms with E-state index in [1.54, 1.807) is 30.1 Å². The van der Waals surface area contributed by atoms with Crippen LogP contribution in [0.4, 0.5) is 0 Å². The number of halogens is 1. The molecule has 1 heterocycles. The van der Waals surface area contributed by atoms with E-state index in [-0.39, 0.29) is 5.91 Å². The summed E-state index contributed by atoms with van der Waals surface area (Å²) in [5.41, 5.74) is 2.83. The van der Waals surface area contributed by atoms with Gasteiger partial charge in [0, 0.05) is 37.0 Å². The highest BCUT2D eigenvalue weighted by atomic mass is 35.5. The van der Waals surface area contributed by atoms with E-state index in [9.17, 15) is 4.79 Å². The number of nitrogens with one attached hydrogen (secondary N) is 1. The van der Waals surface area contributed by atoms with Gasteiger partial charge >= 0.3 is 0 Å². The first-order valence-electron chi connectivity index (χ1n) is 9.45. The largest absolute Gasteiger partial charge is 0.382 e. The van der Waals surface area contributed by atoms with Gasteiger partial charge in [0.1, 0.15) is 5.69 Å². The molecule has 0 bridgehead atoms. The van der Waals surface area contributed by atoms with Crippen molar-refractivity contribution in [2.45, 2.75) is 6.42 Å². The summed E-state index contributed by atoms with van der Waals surface area (Å²) in [6.07, 6.45) is 2.47. The van der Waals surface area contributed by atoms with Crippen LogP contribution < -0.4 is 5.32 Å². The van der Waals surface area contributed by atoms with Crippen molar-refractivity contribution in [2.24, 2.45) is 0 Å². The van der Waals surface area contributed by atoms with Crippen LogP contribution in [0.2, 0.25) is 5.02 Å². The molecule has 0 aliphatic rings. The van der Waals surface area contributed by atoms with Gasteiger partial charge in [-0.15, -0.1) is 0 Å². The Labute approximate surface area is 175 Å². The summed E-state index contributed by atoms with van der Waals surface area (Å²) in [5, 5.41) is 8.24. The van der Waals surface area contributed by atoms with Crippen molar-refractivity contribution in [3.05, 3.63) is 71.4 Å². The molecule has 0 aliphatic heterocycles. The first-order chi connectivity index (χ1) is 14.2. The normalized spacial score (nSPS) is 10.8. The molecule has 0 atom stereocenters. The van der Waals surface area contributed by atoms with Crippen LogP contribution in [0.15, 0.2) is 60.8 Å². The number of hydrogen-bond donors (Lipinski definition) is 1. The smallest absolute Gasteiger partial charge is 0.255 e. The minimum Gasteiger partial charge on any atom is -0.382 e.